The molecule has 1 aliphatic rings. The third-order valence-corrected chi connectivity index (χ3v) is 9.09. The standard InChI is InChI=1S/C18H22N2O5S3/c1-13-11-14(20-17(21)18(2,3)12-27(20,22)23)6-7-16(13)28(24,25)19-9-8-15-5-4-10-26-15/h4-7,10-11,19H,8-9,12H2,1-3H3. The highest BCUT2D eigenvalue weighted by Gasteiger charge is 2.50. The molecule has 0 saturated carbocycles. The summed E-state index contributed by atoms with van der Waals surface area (Å²) in [4.78, 5) is 13.6. The van der Waals surface area contributed by atoms with Gasteiger partial charge < -0.3 is 0 Å². The lowest BCUT2D eigenvalue weighted by Gasteiger charge is -2.19. The van der Waals surface area contributed by atoms with E-state index in [0.29, 0.717) is 12.0 Å². The quantitative estimate of drug-likeness (QED) is 0.740. The van der Waals surface area contributed by atoms with Gasteiger partial charge in [0.15, 0.2) is 0 Å². The fourth-order valence-electron chi connectivity index (χ4n) is 3.16. The van der Waals surface area contributed by atoms with Crippen LogP contribution in [0.4, 0.5) is 5.69 Å². The SMILES string of the molecule is Cc1cc(N2C(=O)C(C)(C)CS2(=O)=O)ccc1S(=O)(=O)NCCc1cccs1. The summed E-state index contributed by atoms with van der Waals surface area (Å²) in [6.45, 7) is 5.00. The summed E-state index contributed by atoms with van der Waals surface area (Å²) in [7, 11) is -7.53. The number of carbonyl (C=O) groups excluding carboxylic acids is 1. The zero-order valence-electron chi connectivity index (χ0n) is 15.8. The molecule has 10 heteroatoms. The minimum absolute atomic E-state index is 0.0609. The van der Waals surface area contributed by atoms with Crippen LogP contribution in [-0.2, 0) is 31.3 Å². The number of nitrogens with zero attached hydrogens (tertiary/aromatic N) is 1. The second-order valence-electron chi connectivity index (χ2n) is 7.39. The van der Waals surface area contributed by atoms with E-state index in [4.69, 9.17) is 0 Å². The lowest BCUT2D eigenvalue weighted by Crippen LogP contribution is -2.33. The third kappa shape index (κ3) is 4.00. The molecule has 2 aromatic rings. The Morgan fingerprint density at radius 1 is 1.25 bits per heavy atom. The number of nitrogens with one attached hydrogen (secondary N) is 1. The van der Waals surface area contributed by atoms with E-state index in [1.54, 1.807) is 32.1 Å². The molecule has 2 heterocycles. The van der Waals surface area contributed by atoms with Gasteiger partial charge in [-0.2, -0.15) is 0 Å². The number of amides is 1. The smallest absolute Gasteiger partial charge is 0.247 e. The van der Waals surface area contributed by atoms with E-state index in [9.17, 15) is 21.6 Å². The Hall–Kier alpha value is -1.75. The van der Waals surface area contributed by atoms with Gasteiger partial charge >= 0.3 is 0 Å². The molecule has 1 amide bonds. The maximum Gasteiger partial charge on any atom is 0.247 e. The molecule has 3 rings (SSSR count). The van der Waals surface area contributed by atoms with E-state index in [-0.39, 0.29) is 22.9 Å². The lowest BCUT2D eigenvalue weighted by molar-refractivity contribution is -0.123. The van der Waals surface area contributed by atoms with Gasteiger partial charge in [-0.3, -0.25) is 4.79 Å². The first-order chi connectivity index (χ1) is 12.9. The zero-order valence-corrected chi connectivity index (χ0v) is 18.2. The van der Waals surface area contributed by atoms with Crippen LogP contribution in [0, 0.1) is 12.3 Å². The van der Waals surface area contributed by atoms with E-state index in [1.807, 2.05) is 17.5 Å². The van der Waals surface area contributed by atoms with E-state index < -0.39 is 31.4 Å². The predicted octanol–water partition coefficient (Wildman–Crippen LogP) is 2.28. The molecule has 0 aliphatic carbocycles. The number of anilines is 1. The van der Waals surface area contributed by atoms with Crippen LogP contribution in [0.1, 0.15) is 24.3 Å². The number of aryl methyl sites for hydroxylation is 1. The van der Waals surface area contributed by atoms with Crippen LogP contribution < -0.4 is 9.03 Å². The average Bonchev–Trinajstić information content (AvgIpc) is 3.11. The van der Waals surface area contributed by atoms with Gasteiger partial charge in [-0.1, -0.05) is 6.07 Å². The van der Waals surface area contributed by atoms with Gasteiger partial charge in [-0.15, -0.1) is 11.3 Å². The van der Waals surface area contributed by atoms with Gasteiger partial charge in [-0.05, 0) is 62.4 Å². The number of thiophene rings is 1. The zero-order chi connectivity index (χ0) is 20.7. The number of rotatable bonds is 6. The van der Waals surface area contributed by atoms with Gasteiger partial charge in [0.25, 0.3) is 0 Å². The van der Waals surface area contributed by atoms with Gasteiger partial charge in [0.05, 0.1) is 21.8 Å². The van der Waals surface area contributed by atoms with Crippen LogP contribution in [0.2, 0.25) is 0 Å². The topological polar surface area (TPSA) is 101 Å². The van der Waals surface area contributed by atoms with Crippen LogP contribution >= 0.6 is 11.3 Å². The Kier molecular flexibility index (Phi) is 5.43. The summed E-state index contributed by atoms with van der Waals surface area (Å²) in [5.74, 6) is -0.793. The molecule has 0 radical (unpaired) electrons. The van der Waals surface area contributed by atoms with Crippen LogP contribution in [0.15, 0.2) is 40.6 Å². The Morgan fingerprint density at radius 3 is 2.50 bits per heavy atom. The van der Waals surface area contributed by atoms with Gasteiger partial charge in [0.1, 0.15) is 0 Å². The molecule has 1 aromatic carbocycles. The number of benzene rings is 1. The minimum atomic E-state index is -3.78. The number of hydrogen-bond acceptors (Lipinski definition) is 6. The van der Waals surface area contributed by atoms with Crippen LogP contribution in [-0.4, -0.2) is 35.0 Å². The van der Waals surface area contributed by atoms with Crippen molar-refractivity contribution in [1.82, 2.24) is 4.72 Å². The summed E-state index contributed by atoms with van der Waals surface area (Å²) in [5.41, 5.74) is -0.486. The van der Waals surface area contributed by atoms with Crippen molar-refractivity contribution in [2.24, 2.45) is 5.41 Å². The fraction of sp³-hybridized carbons (Fsp3) is 0.389. The fourth-order valence-corrected chi connectivity index (χ4v) is 7.23. The van der Waals surface area contributed by atoms with Crippen molar-refractivity contribution in [3.05, 3.63) is 46.2 Å². The molecular formula is C18H22N2O5S3. The maximum absolute atomic E-state index is 12.6. The molecule has 0 spiro atoms. The molecule has 1 N–H and O–H groups in total. The predicted molar refractivity (Wildman–Crippen MR) is 109 cm³/mol. The highest BCUT2D eigenvalue weighted by Crippen LogP contribution is 2.36. The summed E-state index contributed by atoms with van der Waals surface area (Å²) in [5, 5.41) is 1.93. The molecule has 1 aromatic heterocycles. The highest BCUT2D eigenvalue weighted by atomic mass is 32.2. The summed E-state index contributed by atoms with van der Waals surface area (Å²) < 4.78 is 53.4. The van der Waals surface area contributed by atoms with Crippen molar-refractivity contribution in [2.45, 2.75) is 32.1 Å². The molecule has 0 unspecified atom stereocenters. The van der Waals surface area contributed by atoms with Crippen molar-refractivity contribution in [2.75, 3.05) is 16.6 Å². The Morgan fingerprint density at radius 2 is 1.96 bits per heavy atom. The van der Waals surface area contributed by atoms with Gasteiger partial charge in [-0.25, -0.2) is 25.9 Å². The molecule has 1 fully saturated rings. The molecule has 0 atom stereocenters. The number of carbonyl (C=O) groups is 1. The van der Waals surface area contributed by atoms with Crippen molar-refractivity contribution < 1.29 is 21.6 Å². The summed E-state index contributed by atoms with van der Waals surface area (Å²) in [6, 6.07) is 7.97. The average molecular weight is 443 g/mol. The summed E-state index contributed by atoms with van der Waals surface area (Å²) in [6.07, 6.45) is 0.587. The molecule has 0 bridgehead atoms. The minimum Gasteiger partial charge on any atom is -0.273 e. The molecule has 7 nitrogen and oxygen atoms in total. The first-order valence-corrected chi connectivity index (χ1v) is 12.6. The molecule has 1 saturated heterocycles. The Bertz CT molecular complexity index is 1100. The van der Waals surface area contributed by atoms with Crippen molar-refractivity contribution in [1.29, 1.82) is 0 Å². The Labute approximate surface area is 169 Å². The van der Waals surface area contributed by atoms with Gasteiger partial charge in [0, 0.05) is 11.4 Å². The normalized spacial score (nSPS) is 18.5. The maximum atomic E-state index is 12.6. The molecule has 152 valence electrons. The van der Waals surface area contributed by atoms with Crippen LogP contribution in [0.5, 0.6) is 0 Å². The molecular weight excluding hydrogens is 420 g/mol. The highest BCUT2D eigenvalue weighted by molar-refractivity contribution is 7.94. The Balaban J connectivity index is 1.83. The van der Waals surface area contributed by atoms with Crippen LogP contribution in [0.25, 0.3) is 0 Å². The first kappa shape index (κ1) is 21.0. The second kappa shape index (κ2) is 7.25. The van der Waals surface area contributed by atoms with E-state index in [2.05, 4.69) is 4.72 Å². The van der Waals surface area contributed by atoms with Gasteiger partial charge in [0.2, 0.25) is 26.0 Å². The largest absolute Gasteiger partial charge is 0.273 e. The lowest BCUT2D eigenvalue weighted by atomic mass is 9.95. The number of sulfonamides is 2. The number of hydrogen-bond donors (Lipinski definition) is 1. The second-order valence-corrected chi connectivity index (χ2v) is 12.0. The van der Waals surface area contributed by atoms with Crippen LogP contribution in [0.3, 0.4) is 0 Å². The molecule has 1 aliphatic heterocycles. The summed E-state index contributed by atoms with van der Waals surface area (Å²) >= 11 is 1.56. The van der Waals surface area contributed by atoms with Crippen molar-refractivity contribution in [3.63, 3.8) is 0 Å². The third-order valence-electron chi connectivity index (χ3n) is 4.51. The van der Waals surface area contributed by atoms with E-state index in [0.717, 1.165) is 9.18 Å². The first-order valence-electron chi connectivity index (χ1n) is 8.64. The van der Waals surface area contributed by atoms with Crippen molar-refractivity contribution in [3.8, 4) is 0 Å². The van der Waals surface area contributed by atoms with E-state index in [1.165, 1.54) is 18.2 Å². The monoisotopic (exact) mass is 442 g/mol. The molecule has 28 heavy (non-hydrogen) atoms. The van der Waals surface area contributed by atoms with E-state index >= 15 is 0 Å². The van der Waals surface area contributed by atoms with Crippen molar-refractivity contribution >= 4 is 43.0 Å².